The molecule has 5 heterocycles. The molecule has 5 atom stereocenters. The van der Waals surface area contributed by atoms with E-state index in [1.54, 1.807) is 36.5 Å². The topological polar surface area (TPSA) is 147 Å². The number of phenolic OH excluding ortho intramolecular Hbond substituents is 1. The van der Waals surface area contributed by atoms with Crippen LogP contribution in [0.25, 0.3) is 32.9 Å². The van der Waals surface area contributed by atoms with Crippen molar-refractivity contribution in [2.45, 2.75) is 77.4 Å². The predicted octanol–water partition coefficient (Wildman–Crippen LogP) is 6.74. The molecule has 14 heteroatoms. The van der Waals surface area contributed by atoms with Crippen LogP contribution in [0, 0.1) is 11.7 Å². The smallest absolute Gasteiger partial charge is 0.319 e. The van der Waals surface area contributed by atoms with Gasteiger partial charge in [0, 0.05) is 44.0 Å². The van der Waals surface area contributed by atoms with Crippen molar-refractivity contribution in [2.24, 2.45) is 16.3 Å². The summed E-state index contributed by atoms with van der Waals surface area (Å²) in [6.07, 6.45) is 3.90. The molecule has 3 aliphatic heterocycles. The lowest BCUT2D eigenvalue weighted by atomic mass is 9.94. The molecule has 2 bridgehead atoms. The number of aromatic hydroxyl groups is 1. The Hall–Kier alpha value is -5.47. The summed E-state index contributed by atoms with van der Waals surface area (Å²) in [5, 5.41) is 27.1. The van der Waals surface area contributed by atoms with Gasteiger partial charge in [0.25, 0.3) is 0 Å². The van der Waals surface area contributed by atoms with E-state index in [2.05, 4.69) is 20.6 Å². The molecule has 2 N–H and O–H groups in total. The van der Waals surface area contributed by atoms with Crippen molar-refractivity contribution in [2.75, 3.05) is 38.3 Å². The van der Waals surface area contributed by atoms with E-state index in [0.29, 0.717) is 69.1 Å². The zero-order chi connectivity index (χ0) is 39.1. The molecule has 2 fully saturated rings. The van der Waals surface area contributed by atoms with Gasteiger partial charge in [0.1, 0.15) is 60.2 Å². The number of hydrogen-bond acceptors (Lipinski definition) is 13. The largest absolute Gasteiger partial charge is 0.508 e. The van der Waals surface area contributed by atoms with E-state index in [1.165, 1.54) is 6.07 Å². The molecule has 0 aliphatic carbocycles. The Kier molecular flexibility index (Phi) is 10.4. The minimum atomic E-state index is -0.337. The molecule has 0 spiro atoms. The Bertz CT molecular complexity index is 2290. The molecular weight excluding hydrogens is 716 g/mol. The van der Waals surface area contributed by atoms with Gasteiger partial charge in [0.15, 0.2) is 5.75 Å². The normalized spacial score (nSPS) is 20.1. The first-order valence-corrected chi connectivity index (χ1v) is 19.3. The summed E-state index contributed by atoms with van der Waals surface area (Å²) >= 11 is 0. The Balaban J connectivity index is 1.22. The van der Waals surface area contributed by atoms with Gasteiger partial charge in [-0.3, -0.25) is 9.99 Å². The first-order valence-electron chi connectivity index (χ1n) is 19.3. The molecule has 292 valence electrons. The minimum Gasteiger partial charge on any atom is -0.508 e. The van der Waals surface area contributed by atoms with Crippen LogP contribution in [0.15, 0.2) is 65.1 Å². The van der Waals surface area contributed by atoms with E-state index < -0.39 is 0 Å². The van der Waals surface area contributed by atoms with Crippen molar-refractivity contribution in [3.05, 3.63) is 77.2 Å². The number of nitrogens with one attached hydrogen (secondary N) is 1. The molecule has 3 aliphatic rings. The number of carbonyl (C=O) groups is 1. The Morgan fingerprint density at radius 2 is 1.89 bits per heavy atom. The second-order valence-electron chi connectivity index (χ2n) is 15.2. The van der Waals surface area contributed by atoms with E-state index in [4.69, 9.17) is 29.2 Å². The molecular formula is C42H47FN8O5. The van der Waals surface area contributed by atoms with Gasteiger partial charge in [-0.25, -0.2) is 4.39 Å². The van der Waals surface area contributed by atoms with Gasteiger partial charge in [-0.05, 0) is 71.3 Å². The number of halogens is 1. The van der Waals surface area contributed by atoms with Crippen molar-refractivity contribution in [1.29, 1.82) is 0 Å². The van der Waals surface area contributed by atoms with Gasteiger partial charge in [0.05, 0.1) is 18.0 Å². The van der Waals surface area contributed by atoms with Crippen molar-refractivity contribution < 1.29 is 28.5 Å². The van der Waals surface area contributed by atoms with Crippen LogP contribution in [0.1, 0.15) is 56.8 Å². The lowest BCUT2D eigenvalue weighted by Gasteiger charge is -2.29. The van der Waals surface area contributed by atoms with Crippen LogP contribution in [0.3, 0.4) is 0 Å². The first kappa shape index (κ1) is 37.5. The Morgan fingerprint density at radius 3 is 2.59 bits per heavy atom. The molecule has 5 aromatic rings. The van der Waals surface area contributed by atoms with Gasteiger partial charge < -0.3 is 34.3 Å². The first-order chi connectivity index (χ1) is 27.1. The number of aryl methyl sites for hydroxylation is 1. The second-order valence-corrected chi connectivity index (χ2v) is 15.2. The monoisotopic (exact) mass is 762 g/mol. The van der Waals surface area contributed by atoms with Crippen LogP contribution >= 0.6 is 0 Å². The number of rotatable bonds is 14. The zero-order valence-corrected chi connectivity index (χ0v) is 32.3. The van der Waals surface area contributed by atoms with Crippen molar-refractivity contribution in [3.8, 4) is 28.8 Å². The third kappa shape index (κ3) is 7.07. The highest BCUT2D eigenvalue weighted by atomic mass is 19.1. The third-order valence-corrected chi connectivity index (χ3v) is 11.2. The zero-order valence-electron chi connectivity index (χ0n) is 32.3. The van der Waals surface area contributed by atoms with Crippen LogP contribution < -0.4 is 19.7 Å². The van der Waals surface area contributed by atoms with Gasteiger partial charge in [-0.2, -0.15) is 15.1 Å². The number of carbonyl (C=O) groups excluding carboxylic acids is 1. The maximum atomic E-state index is 15.4. The second kappa shape index (κ2) is 15.6. The van der Waals surface area contributed by atoms with Crippen molar-refractivity contribution in [3.63, 3.8) is 0 Å². The van der Waals surface area contributed by atoms with Crippen LogP contribution in [-0.2, 0) is 22.6 Å². The standard InChI is InChI=1S/C42H47FN8O5/c1-6-31-34(43)12-11-27-13-30(53)15-32(37(27)31)38-40(55-22-25-7-9-26(10-8-25)35-19-51(49-48-35)36(20-52)23(2)3)39-33(17-45-38)41(50-18-28-14-29(50)16-44-28)47-42(46-39)56-21-24(4)54-5/h7-13,15,17,20,23-24,28-29,35-36,44,53H,6,14,16,18-19,21-22H2,1-5H3/t24-,28+,29?,35?,36?/m0/s1. The highest BCUT2D eigenvalue weighted by Crippen LogP contribution is 2.44. The number of nitrogens with zero attached hydrogens (tertiary/aromatic N) is 7. The van der Waals surface area contributed by atoms with E-state index in [1.807, 2.05) is 52.0 Å². The molecule has 3 aromatic carbocycles. The molecule has 8 rings (SSSR count). The van der Waals surface area contributed by atoms with Gasteiger partial charge in [-0.15, -0.1) is 0 Å². The summed E-state index contributed by atoms with van der Waals surface area (Å²) in [5.41, 5.74) is 3.77. The maximum absolute atomic E-state index is 15.4. The number of aldehydes is 1. The van der Waals surface area contributed by atoms with Gasteiger partial charge >= 0.3 is 6.01 Å². The molecule has 13 nitrogen and oxygen atoms in total. The fourth-order valence-electron chi connectivity index (χ4n) is 8.05. The van der Waals surface area contributed by atoms with Crippen molar-refractivity contribution >= 4 is 33.8 Å². The summed E-state index contributed by atoms with van der Waals surface area (Å²) in [6, 6.07) is 14.5. The highest BCUT2D eigenvalue weighted by Gasteiger charge is 2.40. The summed E-state index contributed by atoms with van der Waals surface area (Å²) in [5.74, 6) is 0.851. The number of ether oxygens (including phenoxy) is 3. The van der Waals surface area contributed by atoms with Crippen LogP contribution in [-0.4, -0.2) is 88.9 Å². The fourth-order valence-corrected chi connectivity index (χ4v) is 8.05. The molecule has 2 saturated heterocycles. The average molecular weight is 763 g/mol. The van der Waals surface area contributed by atoms with E-state index >= 15 is 4.39 Å². The lowest BCUT2D eigenvalue weighted by Crippen LogP contribution is -2.44. The van der Waals surface area contributed by atoms with Gasteiger partial charge in [-0.1, -0.05) is 56.3 Å². The maximum Gasteiger partial charge on any atom is 0.319 e. The molecule has 0 saturated carbocycles. The quantitative estimate of drug-likeness (QED) is 0.116. The number of piperazine rings is 1. The van der Waals surface area contributed by atoms with Crippen LogP contribution in [0.4, 0.5) is 10.2 Å². The van der Waals surface area contributed by atoms with Crippen LogP contribution in [0.5, 0.6) is 17.5 Å². The number of pyridine rings is 1. The number of methoxy groups -OCH3 is 1. The Morgan fingerprint density at radius 1 is 1.07 bits per heavy atom. The van der Waals surface area contributed by atoms with E-state index in [-0.39, 0.29) is 60.9 Å². The number of aromatic nitrogens is 3. The van der Waals surface area contributed by atoms with Crippen molar-refractivity contribution in [1.82, 2.24) is 25.3 Å². The number of hydrogen-bond donors (Lipinski definition) is 2. The molecule has 0 amide bonds. The summed E-state index contributed by atoms with van der Waals surface area (Å²) in [7, 11) is 1.63. The predicted molar refractivity (Wildman–Crippen MR) is 211 cm³/mol. The Labute approximate surface area is 324 Å². The van der Waals surface area contributed by atoms with Gasteiger partial charge in [0.2, 0.25) is 0 Å². The number of fused-ring (bicyclic) bond motifs is 4. The third-order valence-electron chi connectivity index (χ3n) is 11.2. The number of benzene rings is 3. The summed E-state index contributed by atoms with van der Waals surface area (Å²) in [4.78, 5) is 28.9. The van der Waals surface area contributed by atoms with E-state index in [0.717, 1.165) is 36.9 Å². The SMILES string of the molecule is CCc1c(F)ccc2cc(O)cc(-c3ncc4c(N5C[C@H]6CC5CN6)nc(OC[C@H](C)OC)nc4c3OCc3ccc(C4CN(C(C=O)C(C)C)N=N4)cc3)c12. The van der Waals surface area contributed by atoms with E-state index in [9.17, 15) is 9.90 Å². The molecule has 0 radical (unpaired) electrons. The fraction of sp³-hybridized carbons (Fsp3) is 0.429. The number of anilines is 1. The minimum absolute atomic E-state index is 0.0154. The lowest BCUT2D eigenvalue weighted by molar-refractivity contribution is -0.113. The average Bonchev–Trinajstić information content (AvgIpc) is 3.98. The number of phenols is 1. The summed E-state index contributed by atoms with van der Waals surface area (Å²) < 4.78 is 33.8. The molecule has 2 aromatic heterocycles. The molecule has 56 heavy (non-hydrogen) atoms. The van der Waals surface area contributed by atoms with Crippen LogP contribution in [0.2, 0.25) is 0 Å². The highest BCUT2D eigenvalue weighted by molar-refractivity contribution is 6.04. The summed E-state index contributed by atoms with van der Waals surface area (Å²) in [6.45, 7) is 10.3. The molecule has 3 unspecified atom stereocenters.